The van der Waals surface area contributed by atoms with Crippen LogP contribution in [0.15, 0.2) is 12.2 Å². The molecule has 0 aromatic rings. The molecule has 0 spiro atoms. The van der Waals surface area contributed by atoms with Crippen LogP contribution in [0.3, 0.4) is 0 Å². The minimum Gasteiger partial charge on any atom is -0.393 e. The third-order valence-electron chi connectivity index (χ3n) is 7.45. The fourth-order valence-corrected chi connectivity index (χ4v) is 6.35. The Kier molecular flexibility index (Phi) is 3.05. The number of rotatable bonds is 0. The predicted molar refractivity (Wildman–Crippen MR) is 79.0 cm³/mol. The van der Waals surface area contributed by atoms with Gasteiger partial charge in [0.2, 0.25) is 0 Å². The van der Waals surface area contributed by atoms with Gasteiger partial charge in [-0.3, -0.25) is 0 Å². The lowest BCUT2D eigenvalue weighted by molar-refractivity contribution is -0.0703. The second-order valence-electron chi connectivity index (χ2n) is 8.17. The standard InChI is InChI=1S/C18H28O2/c1-18-9-8-14-13-5-3-12(19)10-11(13)2-4-15(14)16(18)6-7-17(18)20/h3,5,11-17,19-20H,2,4,6-10H2,1H3. The summed E-state index contributed by atoms with van der Waals surface area (Å²) in [6, 6.07) is 0. The Morgan fingerprint density at radius 1 is 0.950 bits per heavy atom. The van der Waals surface area contributed by atoms with Crippen LogP contribution in [0.5, 0.6) is 0 Å². The van der Waals surface area contributed by atoms with Gasteiger partial charge in [0, 0.05) is 0 Å². The van der Waals surface area contributed by atoms with E-state index in [-0.39, 0.29) is 17.6 Å². The van der Waals surface area contributed by atoms with Gasteiger partial charge in [-0.15, -0.1) is 0 Å². The Hall–Kier alpha value is -0.340. The van der Waals surface area contributed by atoms with E-state index < -0.39 is 0 Å². The maximum absolute atomic E-state index is 10.4. The van der Waals surface area contributed by atoms with E-state index in [1.54, 1.807) is 0 Å². The van der Waals surface area contributed by atoms with Crippen LogP contribution in [0.1, 0.15) is 51.9 Å². The second kappa shape index (κ2) is 4.58. The minimum absolute atomic E-state index is 0.0603. The van der Waals surface area contributed by atoms with Crippen LogP contribution >= 0.6 is 0 Å². The number of fused-ring (bicyclic) bond motifs is 5. The maximum atomic E-state index is 10.4. The van der Waals surface area contributed by atoms with Crippen molar-refractivity contribution in [1.82, 2.24) is 0 Å². The first-order valence-corrected chi connectivity index (χ1v) is 8.64. The number of allylic oxidation sites excluding steroid dienone is 1. The van der Waals surface area contributed by atoms with Crippen LogP contribution in [0.4, 0.5) is 0 Å². The summed E-state index contributed by atoms with van der Waals surface area (Å²) in [7, 11) is 0. The van der Waals surface area contributed by atoms with E-state index in [0.717, 1.165) is 30.6 Å². The van der Waals surface area contributed by atoms with Crippen molar-refractivity contribution in [2.24, 2.45) is 35.0 Å². The fourth-order valence-electron chi connectivity index (χ4n) is 6.35. The molecule has 0 aromatic carbocycles. The molecule has 0 heterocycles. The maximum Gasteiger partial charge on any atom is 0.0723 e. The molecule has 8 unspecified atom stereocenters. The Labute approximate surface area is 122 Å². The summed E-state index contributed by atoms with van der Waals surface area (Å²) in [5.41, 5.74) is 0.200. The summed E-state index contributed by atoms with van der Waals surface area (Å²) in [5.74, 6) is 3.82. The van der Waals surface area contributed by atoms with Crippen molar-refractivity contribution in [3.05, 3.63) is 12.2 Å². The summed E-state index contributed by atoms with van der Waals surface area (Å²) < 4.78 is 0. The van der Waals surface area contributed by atoms with Crippen LogP contribution in [-0.4, -0.2) is 22.4 Å². The molecule has 0 saturated heterocycles. The summed E-state index contributed by atoms with van der Waals surface area (Å²) in [6.07, 6.45) is 12.5. The lowest BCUT2D eigenvalue weighted by Gasteiger charge is -2.54. The first kappa shape index (κ1) is 13.3. The van der Waals surface area contributed by atoms with Crippen molar-refractivity contribution in [3.8, 4) is 0 Å². The minimum atomic E-state index is -0.199. The summed E-state index contributed by atoms with van der Waals surface area (Å²) in [5, 5.41) is 20.2. The highest BCUT2D eigenvalue weighted by Gasteiger charge is 2.56. The Morgan fingerprint density at radius 3 is 2.65 bits per heavy atom. The molecule has 0 amide bonds. The zero-order chi connectivity index (χ0) is 13.9. The van der Waals surface area contributed by atoms with Crippen molar-refractivity contribution in [2.45, 2.75) is 64.1 Å². The van der Waals surface area contributed by atoms with Crippen LogP contribution in [-0.2, 0) is 0 Å². The van der Waals surface area contributed by atoms with E-state index >= 15 is 0 Å². The third-order valence-corrected chi connectivity index (χ3v) is 7.45. The molecule has 0 aliphatic heterocycles. The first-order chi connectivity index (χ1) is 9.59. The van der Waals surface area contributed by atoms with Gasteiger partial charge in [-0.2, -0.15) is 0 Å². The van der Waals surface area contributed by atoms with Crippen LogP contribution in [0.2, 0.25) is 0 Å². The average molecular weight is 276 g/mol. The predicted octanol–water partition coefficient (Wildman–Crippen LogP) is 3.14. The quantitative estimate of drug-likeness (QED) is 0.667. The van der Waals surface area contributed by atoms with Gasteiger partial charge in [-0.05, 0) is 80.0 Å². The normalized spacial score (nSPS) is 57.9. The monoisotopic (exact) mass is 276 g/mol. The fraction of sp³-hybridized carbons (Fsp3) is 0.889. The van der Waals surface area contributed by atoms with E-state index in [1.807, 2.05) is 6.08 Å². The number of aliphatic hydroxyl groups is 2. The lowest BCUT2D eigenvalue weighted by atomic mass is 9.51. The molecule has 0 radical (unpaired) electrons. The molecule has 112 valence electrons. The third kappa shape index (κ3) is 1.77. The molecule has 2 N–H and O–H groups in total. The van der Waals surface area contributed by atoms with Gasteiger partial charge < -0.3 is 10.2 Å². The Bertz CT molecular complexity index is 418. The molecule has 4 aliphatic rings. The van der Waals surface area contributed by atoms with Crippen molar-refractivity contribution < 1.29 is 10.2 Å². The van der Waals surface area contributed by atoms with Gasteiger partial charge >= 0.3 is 0 Å². The molecule has 0 aromatic heterocycles. The van der Waals surface area contributed by atoms with E-state index in [1.165, 1.54) is 32.1 Å². The first-order valence-electron chi connectivity index (χ1n) is 8.64. The molecule has 20 heavy (non-hydrogen) atoms. The van der Waals surface area contributed by atoms with E-state index in [2.05, 4.69) is 13.0 Å². The zero-order valence-electron chi connectivity index (χ0n) is 12.5. The summed E-state index contributed by atoms with van der Waals surface area (Å²) in [6.45, 7) is 2.35. The average Bonchev–Trinajstić information content (AvgIpc) is 2.74. The highest BCUT2D eigenvalue weighted by Crippen LogP contribution is 2.61. The van der Waals surface area contributed by atoms with E-state index in [9.17, 15) is 10.2 Å². The number of aliphatic hydroxyl groups excluding tert-OH is 2. The second-order valence-corrected chi connectivity index (χ2v) is 8.17. The molecule has 2 nitrogen and oxygen atoms in total. The molecule has 3 fully saturated rings. The number of hydrogen-bond donors (Lipinski definition) is 2. The van der Waals surface area contributed by atoms with Gasteiger partial charge in [0.05, 0.1) is 12.2 Å². The lowest BCUT2D eigenvalue weighted by Crippen LogP contribution is -2.48. The van der Waals surface area contributed by atoms with Crippen molar-refractivity contribution in [3.63, 3.8) is 0 Å². The zero-order valence-corrected chi connectivity index (χ0v) is 12.5. The van der Waals surface area contributed by atoms with Crippen molar-refractivity contribution >= 4 is 0 Å². The topological polar surface area (TPSA) is 40.5 Å². The molecular weight excluding hydrogens is 248 g/mol. The Balaban J connectivity index is 1.61. The molecule has 2 heteroatoms. The molecular formula is C18H28O2. The molecule has 0 bridgehead atoms. The van der Waals surface area contributed by atoms with Crippen LogP contribution in [0.25, 0.3) is 0 Å². The summed E-state index contributed by atoms with van der Waals surface area (Å²) >= 11 is 0. The molecule has 4 rings (SSSR count). The highest BCUT2D eigenvalue weighted by molar-refractivity contribution is 5.11. The smallest absolute Gasteiger partial charge is 0.0723 e. The largest absolute Gasteiger partial charge is 0.393 e. The van der Waals surface area contributed by atoms with Gasteiger partial charge in [-0.25, -0.2) is 0 Å². The molecule has 3 saturated carbocycles. The van der Waals surface area contributed by atoms with E-state index in [4.69, 9.17) is 0 Å². The van der Waals surface area contributed by atoms with Crippen molar-refractivity contribution in [1.29, 1.82) is 0 Å². The van der Waals surface area contributed by atoms with E-state index in [0.29, 0.717) is 11.8 Å². The summed E-state index contributed by atoms with van der Waals surface area (Å²) in [4.78, 5) is 0. The molecule has 8 atom stereocenters. The van der Waals surface area contributed by atoms with Crippen LogP contribution < -0.4 is 0 Å². The highest BCUT2D eigenvalue weighted by atomic mass is 16.3. The van der Waals surface area contributed by atoms with Crippen molar-refractivity contribution in [2.75, 3.05) is 0 Å². The number of hydrogen-bond acceptors (Lipinski definition) is 2. The van der Waals surface area contributed by atoms with Crippen LogP contribution in [0, 0.1) is 35.0 Å². The SMILES string of the molecule is CC12CCC3C4C=CC(O)CC4CCC3C1CCC2O. The van der Waals surface area contributed by atoms with Gasteiger partial charge in [-0.1, -0.05) is 19.1 Å². The van der Waals surface area contributed by atoms with Gasteiger partial charge in [0.15, 0.2) is 0 Å². The van der Waals surface area contributed by atoms with Gasteiger partial charge in [0.25, 0.3) is 0 Å². The Morgan fingerprint density at radius 2 is 1.80 bits per heavy atom. The molecule has 4 aliphatic carbocycles. The van der Waals surface area contributed by atoms with Gasteiger partial charge in [0.1, 0.15) is 0 Å².